The number of hydrogen-bond acceptors (Lipinski definition) is 2. The third-order valence-corrected chi connectivity index (χ3v) is 4.34. The summed E-state index contributed by atoms with van der Waals surface area (Å²) >= 11 is 1.82. The summed E-state index contributed by atoms with van der Waals surface area (Å²) in [5, 5.41) is 10.1. The van der Waals surface area contributed by atoms with Gasteiger partial charge in [0.05, 0.1) is 6.10 Å². The van der Waals surface area contributed by atoms with Gasteiger partial charge in [-0.05, 0) is 28.2 Å². The summed E-state index contributed by atoms with van der Waals surface area (Å²) in [4.78, 5) is 0. The minimum atomic E-state index is -0.345. The molecule has 0 aliphatic rings. The van der Waals surface area contributed by atoms with Crippen LogP contribution in [-0.2, 0) is 5.41 Å². The average molecular weight is 266 g/mol. The van der Waals surface area contributed by atoms with E-state index in [1.807, 2.05) is 11.8 Å². The standard InChI is InChI=1S/C16H26OS/c1-12(2)10-18-11-15(17)13-6-8-14(9-7-13)16(3,4)5/h6-9,12,15,17H,10-11H2,1-5H3. The van der Waals surface area contributed by atoms with Crippen molar-refractivity contribution in [3.63, 3.8) is 0 Å². The highest BCUT2D eigenvalue weighted by atomic mass is 32.2. The van der Waals surface area contributed by atoms with Crippen molar-refractivity contribution in [3.8, 4) is 0 Å². The number of aliphatic hydroxyl groups excluding tert-OH is 1. The van der Waals surface area contributed by atoms with E-state index in [-0.39, 0.29) is 11.5 Å². The molecule has 1 N–H and O–H groups in total. The van der Waals surface area contributed by atoms with E-state index >= 15 is 0 Å². The molecule has 0 fully saturated rings. The van der Waals surface area contributed by atoms with Crippen LogP contribution < -0.4 is 0 Å². The molecule has 0 heterocycles. The molecule has 0 aromatic heterocycles. The molecule has 0 amide bonds. The monoisotopic (exact) mass is 266 g/mol. The predicted molar refractivity (Wildman–Crippen MR) is 82.3 cm³/mol. The smallest absolute Gasteiger partial charge is 0.0880 e. The Bertz CT molecular complexity index is 348. The normalized spacial score (nSPS) is 13.9. The number of aliphatic hydroxyl groups is 1. The number of benzene rings is 1. The van der Waals surface area contributed by atoms with Crippen LogP contribution in [-0.4, -0.2) is 16.6 Å². The number of rotatable bonds is 5. The van der Waals surface area contributed by atoms with Crippen molar-refractivity contribution in [1.82, 2.24) is 0 Å². The van der Waals surface area contributed by atoms with Crippen molar-refractivity contribution >= 4 is 11.8 Å². The molecule has 0 aliphatic heterocycles. The number of hydrogen-bond donors (Lipinski definition) is 1. The molecule has 0 aliphatic carbocycles. The maximum atomic E-state index is 10.1. The average Bonchev–Trinajstić information content (AvgIpc) is 2.27. The van der Waals surface area contributed by atoms with Gasteiger partial charge in [0.15, 0.2) is 0 Å². The Balaban J connectivity index is 2.56. The van der Waals surface area contributed by atoms with Crippen LogP contribution in [0.1, 0.15) is 51.8 Å². The topological polar surface area (TPSA) is 20.2 Å². The molecular formula is C16H26OS. The van der Waals surface area contributed by atoms with Crippen molar-refractivity contribution < 1.29 is 5.11 Å². The first kappa shape index (κ1) is 15.6. The predicted octanol–water partition coefficient (Wildman–Crippen LogP) is 4.41. The third-order valence-electron chi connectivity index (χ3n) is 2.89. The van der Waals surface area contributed by atoms with E-state index in [1.54, 1.807) is 0 Å². The molecule has 0 saturated heterocycles. The zero-order valence-electron chi connectivity index (χ0n) is 12.2. The van der Waals surface area contributed by atoms with E-state index in [4.69, 9.17) is 0 Å². The molecule has 0 spiro atoms. The van der Waals surface area contributed by atoms with Crippen LogP contribution in [0, 0.1) is 5.92 Å². The molecule has 1 aromatic carbocycles. The Morgan fingerprint density at radius 1 is 1.06 bits per heavy atom. The molecule has 18 heavy (non-hydrogen) atoms. The van der Waals surface area contributed by atoms with E-state index in [2.05, 4.69) is 58.9 Å². The second-order valence-electron chi connectivity index (χ2n) is 6.32. The van der Waals surface area contributed by atoms with Crippen molar-refractivity contribution in [2.45, 2.75) is 46.1 Å². The van der Waals surface area contributed by atoms with Crippen molar-refractivity contribution in [1.29, 1.82) is 0 Å². The Hall–Kier alpha value is -0.470. The largest absolute Gasteiger partial charge is 0.388 e. The molecule has 1 rings (SSSR count). The highest BCUT2D eigenvalue weighted by Crippen LogP contribution is 2.25. The van der Waals surface area contributed by atoms with E-state index in [0.717, 1.165) is 17.1 Å². The van der Waals surface area contributed by atoms with Crippen LogP contribution >= 0.6 is 11.8 Å². The Morgan fingerprint density at radius 3 is 2.06 bits per heavy atom. The maximum Gasteiger partial charge on any atom is 0.0880 e. The molecule has 0 saturated carbocycles. The highest BCUT2D eigenvalue weighted by Gasteiger charge is 2.14. The molecule has 102 valence electrons. The van der Waals surface area contributed by atoms with Crippen LogP contribution in [0.25, 0.3) is 0 Å². The van der Waals surface area contributed by atoms with Crippen LogP contribution in [0.2, 0.25) is 0 Å². The SMILES string of the molecule is CC(C)CSCC(O)c1ccc(C(C)(C)C)cc1. The van der Waals surface area contributed by atoms with E-state index in [9.17, 15) is 5.11 Å². The summed E-state index contributed by atoms with van der Waals surface area (Å²) in [5.74, 6) is 2.58. The zero-order valence-corrected chi connectivity index (χ0v) is 13.1. The van der Waals surface area contributed by atoms with Gasteiger partial charge < -0.3 is 5.11 Å². The fourth-order valence-electron chi connectivity index (χ4n) is 1.72. The maximum absolute atomic E-state index is 10.1. The molecule has 1 nitrogen and oxygen atoms in total. The quantitative estimate of drug-likeness (QED) is 0.852. The van der Waals surface area contributed by atoms with Crippen molar-refractivity contribution in [2.24, 2.45) is 5.92 Å². The summed E-state index contributed by atoms with van der Waals surface area (Å²) in [7, 11) is 0. The van der Waals surface area contributed by atoms with Crippen LogP contribution in [0.15, 0.2) is 24.3 Å². The van der Waals surface area contributed by atoms with Crippen LogP contribution in [0.5, 0.6) is 0 Å². The fraction of sp³-hybridized carbons (Fsp3) is 0.625. The van der Waals surface area contributed by atoms with Gasteiger partial charge in [-0.15, -0.1) is 0 Å². The van der Waals surface area contributed by atoms with Crippen molar-refractivity contribution in [2.75, 3.05) is 11.5 Å². The first-order valence-electron chi connectivity index (χ1n) is 6.67. The van der Waals surface area contributed by atoms with E-state index in [0.29, 0.717) is 5.92 Å². The number of thioether (sulfide) groups is 1. The summed E-state index contributed by atoms with van der Waals surface area (Å²) in [5.41, 5.74) is 2.52. The van der Waals surface area contributed by atoms with Gasteiger partial charge >= 0.3 is 0 Å². The minimum absolute atomic E-state index is 0.176. The molecule has 2 heteroatoms. The molecule has 1 unspecified atom stereocenters. The van der Waals surface area contributed by atoms with Gasteiger partial charge in [-0.2, -0.15) is 11.8 Å². The lowest BCUT2D eigenvalue weighted by Crippen LogP contribution is -2.11. The van der Waals surface area contributed by atoms with Crippen LogP contribution in [0.3, 0.4) is 0 Å². The first-order valence-corrected chi connectivity index (χ1v) is 7.82. The molecule has 1 aromatic rings. The van der Waals surface area contributed by atoms with Gasteiger partial charge in [-0.25, -0.2) is 0 Å². The van der Waals surface area contributed by atoms with Gasteiger partial charge in [-0.3, -0.25) is 0 Å². The van der Waals surface area contributed by atoms with Gasteiger partial charge in [-0.1, -0.05) is 58.9 Å². The van der Waals surface area contributed by atoms with Gasteiger partial charge in [0.25, 0.3) is 0 Å². The molecular weight excluding hydrogens is 240 g/mol. The lowest BCUT2D eigenvalue weighted by Gasteiger charge is -2.20. The Labute approximate surface area is 116 Å². The van der Waals surface area contributed by atoms with E-state index in [1.165, 1.54) is 5.56 Å². The summed E-state index contributed by atoms with van der Waals surface area (Å²) < 4.78 is 0. The zero-order chi connectivity index (χ0) is 13.8. The van der Waals surface area contributed by atoms with Gasteiger partial charge in [0.1, 0.15) is 0 Å². The molecule has 0 radical (unpaired) electrons. The molecule has 0 bridgehead atoms. The highest BCUT2D eigenvalue weighted by molar-refractivity contribution is 7.99. The lowest BCUT2D eigenvalue weighted by molar-refractivity contribution is 0.204. The summed E-state index contributed by atoms with van der Waals surface area (Å²) in [6.07, 6.45) is -0.345. The van der Waals surface area contributed by atoms with Gasteiger partial charge in [0.2, 0.25) is 0 Å². The fourth-order valence-corrected chi connectivity index (χ4v) is 2.74. The summed E-state index contributed by atoms with van der Waals surface area (Å²) in [6, 6.07) is 8.37. The Morgan fingerprint density at radius 2 is 1.61 bits per heavy atom. The third kappa shape index (κ3) is 5.03. The van der Waals surface area contributed by atoms with Gasteiger partial charge in [0, 0.05) is 5.75 Å². The van der Waals surface area contributed by atoms with Crippen LogP contribution in [0.4, 0.5) is 0 Å². The summed E-state index contributed by atoms with van der Waals surface area (Å²) in [6.45, 7) is 11.0. The first-order chi connectivity index (χ1) is 8.30. The second kappa shape index (κ2) is 6.63. The minimum Gasteiger partial charge on any atom is -0.388 e. The van der Waals surface area contributed by atoms with Crippen molar-refractivity contribution in [3.05, 3.63) is 35.4 Å². The van der Waals surface area contributed by atoms with E-state index < -0.39 is 0 Å². The molecule has 1 atom stereocenters. The Kier molecular flexibility index (Phi) is 5.74. The second-order valence-corrected chi connectivity index (χ2v) is 7.39. The lowest BCUT2D eigenvalue weighted by atomic mass is 9.86.